The van der Waals surface area contributed by atoms with Gasteiger partial charge in [0.25, 0.3) is 5.91 Å². The molecule has 0 fully saturated rings. The number of esters is 1. The molecule has 0 atom stereocenters. The number of halogens is 1. The summed E-state index contributed by atoms with van der Waals surface area (Å²) >= 11 is 6.92. The Morgan fingerprint density at radius 3 is 2.00 bits per heavy atom. The minimum absolute atomic E-state index is 0.320. The van der Waals surface area contributed by atoms with Crippen molar-refractivity contribution in [2.45, 2.75) is 6.04 Å². The highest BCUT2D eigenvalue weighted by Gasteiger charge is 2.18. The lowest BCUT2D eigenvalue weighted by molar-refractivity contribution is -0.124. The molecule has 1 N–H and O–H groups in total. The monoisotopic (exact) mass is 385 g/mol. The highest BCUT2D eigenvalue weighted by Crippen LogP contribution is 2.23. The normalized spacial score (nSPS) is 10.5. The molecule has 4 nitrogen and oxygen atoms in total. The van der Waals surface area contributed by atoms with Gasteiger partial charge in [-0.25, -0.2) is 4.79 Å². The Bertz CT molecular complexity index is 841. The molecule has 132 valence electrons. The van der Waals surface area contributed by atoms with Gasteiger partial charge in [-0.05, 0) is 23.3 Å². The third-order valence-electron chi connectivity index (χ3n) is 3.68. The number of carbonyl (C=O) groups is 2. The number of ether oxygens (including phenoxy) is 1. The lowest BCUT2D eigenvalue weighted by atomic mass is 9.99. The van der Waals surface area contributed by atoms with Gasteiger partial charge in [-0.3, -0.25) is 4.79 Å². The number of hydrogen-bond acceptors (Lipinski definition) is 4. The van der Waals surface area contributed by atoms with Gasteiger partial charge in [0.15, 0.2) is 6.61 Å². The van der Waals surface area contributed by atoms with Crippen LogP contribution >= 0.6 is 22.9 Å². The smallest absolute Gasteiger partial charge is 0.348 e. The van der Waals surface area contributed by atoms with E-state index in [-0.39, 0.29) is 18.6 Å². The Balaban J connectivity index is 1.67. The molecular weight excluding hydrogens is 370 g/mol. The third kappa shape index (κ3) is 4.71. The SMILES string of the molecule is O=C(COC(=O)c1ccc(Cl)s1)NC(c1ccccc1)c1ccccc1. The number of hydrogen-bond donors (Lipinski definition) is 1. The first kappa shape index (κ1) is 18.2. The topological polar surface area (TPSA) is 55.4 Å². The predicted octanol–water partition coefficient (Wildman–Crippen LogP) is 4.46. The molecule has 0 spiro atoms. The van der Waals surface area contributed by atoms with Crippen molar-refractivity contribution in [3.05, 3.63) is 93.1 Å². The van der Waals surface area contributed by atoms with Crippen LogP contribution in [0.25, 0.3) is 0 Å². The summed E-state index contributed by atoms with van der Waals surface area (Å²) in [4.78, 5) is 24.6. The Labute approximate surface area is 160 Å². The molecular formula is C20H16ClNO3S. The molecule has 0 aliphatic heterocycles. The molecule has 6 heteroatoms. The number of benzene rings is 2. The van der Waals surface area contributed by atoms with Crippen LogP contribution in [0.4, 0.5) is 0 Å². The molecule has 0 saturated carbocycles. The number of carbonyl (C=O) groups excluding carboxylic acids is 2. The fourth-order valence-electron chi connectivity index (χ4n) is 2.48. The number of amides is 1. The molecule has 0 radical (unpaired) electrons. The number of nitrogens with one attached hydrogen (secondary N) is 1. The lowest BCUT2D eigenvalue weighted by Gasteiger charge is -2.19. The molecule has 0 aliphatic carbocycles. The van der Waals surface area contributed by atoms with Crippen LogP contribution < -0.4 is 5.32 Å². The summed E-state index contributed by atoms with van der Waals surface area (Å²) in [5.41, 5.74) is 1.90. The Morgan fingerprint density at radius 1 is 0.923 bits per heavy atom. The van der Waals surface area contributed by atoms with Crippen LogP contribution in [0, 0.1) is 0 Å². The van der Waals surface area contributed by atoms with Crippen LogP contribution in [0.15, 0.2) is 72.8 Å². The van der Waals surface area contributed by atoms with Gasteiger partial charge in [-0.2, -0.15) is 0 Å². The van der Waals surface area contributed by atoms with Crippen LogP contribution in [0.3, 0.4) is 0 Å². The molecule has 1 heterocycles. The van der Waals surface area contributed by atoms with E-state index < -0.39 is 5.97 Å². The van der Waals surface area contributed by atoms with Gasteiger partial charge in [0.05, 0.1) is 10.4 Å². The molecule has 2 aromatic carbocycles. The lowest BCUT2D eigenvalue weighted by Crippen LogP contribution is -2.33. The number of rotatable bonds is 6. The van der Waals surface area contributed by atoms with Gasteiger partial charge >= 0.3 is 5.97 Å². The van der Waals surface area contributed by atoms with Crippen molar-refractivity contribution in [3.8, 4) is 0 Å². The van der Waals surface area contributed by atoms with Crippen molar-refractivity contribution in [2.75, 3.05) is 6.61 Å². The summed E-state index contributed by atoms with van der Waals surface area (Å²) in [6.07, 6.45) is 0. The highest BCUT2D eigenvalue weighted by atomic mass is 35.5. The Kier molecular flexibility index (Phi) is 6.04. The maximum absolute atomic E-state index is 12.3. The van der Waals surface area contributed by atoms with E-state index in [2.05, 4.69) is 5.32 Å². The first-order valence-electron chi connectivity index (χ1n) is 7.95. The third-order valence-corrected chi connectivity index (χ3v) is 4.89. The van der Waals surface area contributed by atoms with Crippen molar-refractivity contribution < 1.29 is 14.3 Å². The molecule has 0 bridgehead atoms. The summed E-state index contributed by atoms with van der Waals surface area (Å²) in [5, 5.41) is 2.92. The Hall–Kier alpha value is -2.63. The fourth-order valence-corrected chi connectivity index (χ4v) is 3.42. The van der Waals surface area contributed by atoms with Gasteiger partial charge in [0.2, 0.25) is 0 Å². The average Bonchev–Trinajstić information content (AvgIpc) is 3.12. The van der Waals surface area contributed by atoms with Gasteiger partial charge < -0.3 is 10.1 Å². The van der Waals surface area contributed by atoms with Crippen LogP contribution in [0.2, 0.25) is 4.34 Å². The molecule has 0 unspecified atom stereocenters. The fraction of sp³-hybridized carbons (Fsp3) is 0.100. The van der Waals surface area contributed by atoms with E-state index in [9.17, 15) is 9.59 Å². The van der Waals surface area contributed by atoms with Crippen LogP contribution in [0.1, 0.15) is 26.8 Å². The van der Waals surface area contributed by atoms with E-state index in [4.69, 9.17) is 16.3 Å². The van der Waals surface area contributed by atoms with Crippen LogP contribution in [-0.4, -0.2) is 18.5 Å². The summed E-state index contributed by atoms with van der Waals surface area (Å²) in [7, 11) is 0. The maximum atomic E-state index is 12.3. The largest absolute Gasteiger partial charge is 0.451 e. The van der Waals surface area contributed by atoms with E-state index in [1.54, 1.807) is 12.1 Å². The molecule has 1 amide bonds. The first-order chi connectivity index (χ1) is 12.6. The molecule has 0 saturated heterocycles. The van der Waals surface area contributed by atoms with Crippen molar-refractivity contribution in [1.82, 2.24) is 5.32 Å². The zero-order valence-electron chi connectivity index (χ0n) is 13.7. The van der Waals surface area contributed by atoms with Crippen molar-refractivity contribution in [1.29, 1.82) is 0 Å². The zero-order valence-corrected chi connectivity index (χ0v) is 15.3. The van der Waals surface area contributed by atoms with Gasteiger partial charge in [-0.15, -0.1) is 11.3 Å². The van der Waals surface area contributed by atoms with Crippen molar-refractivity contribution in [3.63, 3.8) is 0 Å². The average molecular weight is 386 g/mol. The van der Waals surface area contributed by atoms with E-state index >= 15 is 0 Å². The van der Waals surface area contributed by atoms with E-state index in [1.165, 1.54) is 0 Å². The second kappa shape index (κ2) is 8.65. The quantitative estimate of drug-likeness (QED) is 0.637. The minimum Gasteiger partial charge on any atom is -0.451 e. The van der Waals surface area contributed by atoms with Crippen molar-refractivity contribution in [2.24, 2.45) is 0 Å². The molecule has 3 rings (SSSR count). The molecule has 3 aromatic rings. The standard InChI is InChI=1S/C20H16ClNO3S/c21-17-12-11-16(26-17)20(24)25-13-18(23)22-19(14-7-3-1-4-8-14)15-9-5-2-6-10-15/h1-12,19H,13H2,(H,22,23). The van der Waals surface area contributed by atoms with E-state index in [0.717, 1.165) is 22.5 Å². The predicted molar refractivity (Wildman–Crippen MR) is 102 cm³/mol. The van der Waals surface area contributed by atoms with Gasteiger partial charge in [0.1, 0.15) is 4.88 Å². The molecule has 26 heavy (non-hydrogen) atoms. The highest BCUT2D eigenvalue weighted by molar-refractivity contribution is 7.17. The summed E-state index contributed by atoms with van der Waals surface area (Å²) in [6, 6.07) is 22.1. The molecule has 0 aliphatic rings. The van der Waals surface area contributed by atoms with E-state index in [0.29, 0.717) is 9.21 Å². The van der Waals surface area contributed by atoms with Gasteiger partial charge in [-0.1, -0.05) is 72.3 Å². The second-order valence-corrected chi connectivity index (χ2v) is 7.22. The van der Waals surface area contributed by atoms with Crippen molar-refractivity contribution >= 4 is 34.8 Å². The minimum atomic E-state index is -0.562. The summed E-state index contributed by atoms with van der Waals surface area (Å²) < 4.78 is 5.57. The van der Waals surface area contributed by atoms with E-state index in [1.807, 2.05) is 60.7 Å². The molecule has 1 aromatic heterocycles. The first-order valence-corrected chi connectivity index (χ1v) is 9.14. The van der Waals surface area contributed by atoms with Crippen LogP contribution in [-0.2, 0) is 9.53 Å². The summed E-state index contributed by atoms with van der Waals surface area (Å²) in [6.45, 7) is -0.357. The number of thiophene rings is 1. The second-order valence-electron chi connectivity index (χ2n) is 5.50. The maximum Gasteiger partial charge on any atom is 0.348 e. The van der Waals surface area contributed by atoms with Gasteiger partial charge in [0, 0.05) is 0 Å². The summed E-state index contributed by atoms with van der Waals surface area (Å²) in [5.74, 6) is -0.938. The van der Waals surface area contributed by atoms with Crippen LogP contribution in [0.5, 0.6) is 0 Å². The zero-order chi connectivity index (χ0) is 18.4. The Morgan fingerprint density at radius 2 is 1.50 bits per heavy atom.